The molecule has 8 nitrogen and oxygen atoms in total. The van der Waals surface area contributed by atoms with Crippen LogP contribution in [0.3, 0.4) is 0 Å². The summed E-state index contributed by atoms with van der Waals surface area (Å²) in [6.07, 6.45) is 1.99. The zero-order chi connectivity index (χ0) is 20.4. The molecular formula is C21H23ClN4O4. The largest absolute Gasteiger partial charge is 0.493 e. The molecule has 1 atom stereocenters. The Morgan fingerprint density at radius 1 is 1.13 bits per heavy atom. The van der Waals surface area contributed by atoms with Crippen molar-refractivity contribution in [2.45, 2.75) is 12.5 Å². The van der Waals surface area contributed by atoms with E-state index in [1.165, 1.54) is 6.33 Å². The van der Waals surface area contributed by atoms with Crippen LogP contribution in [-0.2, 0) is 11.2 Å². The van der Waals surface area contributed by atoms with Crippen molar-refractivity contribution in [3.05, 3.63) is 48.3 Å². The molecule has 30 heavy (non-hydrogen) atoms. The number of anilines is 2. The summed E-state index contributed by atoms with van der Waals surface area (Å²) in [6.45, 7) is 0.424. The second kappa shape index (κ2) is 9.04. The molecule has 0 radical (unpaired) electrons. The summed E-state index contributed by atoms with van der Waals surface area (Å²) in [7, 11) is 4.95. The zero-order valence-corrected chi connectivity index (χ0v) is 17.7. The van der Waals surface area contributed by atoms with Gasteiger partial charge in [0, 0.05) is 24.2 Å². The molecule has 2 heterocycles. The minimum atomic E-state index is -0.268. The van der Waals surface area contributed by atoms with Gasteiger partial charge in [0.25, 0.3) is 0 Å². The number of hydrogen-bond donors (Lipinski definition) is 1. The Bertz CT molecular complexity index is 1050. The predicted octanol–water partition coefficient (Wildman–Crippen LogP) is 3.81. The number of aromatic nitrogens is 2. The number of cyclic esters (lactones) is 1. The molecule has 3 aromatic rings. The van der Waals surface area contributed by atoms with E-state index in [0.717, 1.165) is 28.6 Å². The van der Waals surface area contributed by atoms with E-state index in [9.17, 15) is 4.79 Å². The van der Waals surface area contributed by atoms with E-state index in [0.29, 0.717) is 23.9 Å². The van der Waals surface area contributed by atoms with Crippen LogP contribution in [0, 0.1) is 0 Å². The molecule has 2 aromatic carbocycles. The number of nitrogens with one attached hydrogen (secondary N) is 1. The van der Waals surface area contributed by atoms with Crippen LogP contribution in [0.15, 0.2) is 42.7 Å². The van der Waals surface area contributed by atoms with Gasteiger partial charge in [0.05, 0.1) is 25.8 Å². The maximum Gasteiger partial charge on any atom is 0.409 e. The number of halogens is 1. The molecule has 1 fully saturated rings. The number of likely N-dealkylation sites (N-methyl/N-ethyl adjacent to an activating group) is 1. The molecular weight excluding hydrogens is 408 g/mol. The van der Waals surface area contributed by atoms with Gasteiger partial charge in [-0.2, -0.15) is 0 Å². The third-order valence-electron chi connectivity index (χ3n) is 5.06. The van der Waals surface area contributed by atoms with E-state index in [1.54, 1.807) is 26.2 Å². The number of hydrogen-bond acceptors (Lipinski definition) is 7. The van der Waals surface area contributed by atoms with Crippen molar-refractivity contribution >= 4 is 40.9 Å². The van der Waals surface area contributed by atoms with Crippen LogP contribution in [0.2, 0.25) is 0 Å². The number of carbonyl (C=O) groups is 1. The van der Waals surface area contributed by atoms with Crippen LogP contribution in [0.5, 0.6) is 11.5 Å². The van der Waals surface area contributed by atoms with Crippen LogP contribution >= 0.6 is 12.4 Å². The van der Waals surface area contributed by atoms with Crippen LogP contribution in [0.1, 0.15) is 5.56 Å². The fourth-order valence-electron chi connectivity index (χ4n) is 3.34. The number of benzene rings is 2. The Morgan fingerprint density at radius 3 is 2.47 bits per heavy atom. The lowest BCUT2D eigenvalue weighted by Gasteiger charge is -2.16. The number of ether oxygens (including phenoxy) is 3. The highest BCUT2D eigenvalue weighted by atomic mass is 35.5. The van der Waals surface area contributed by atoms with Crippen LogP contribution < -0.4 is 14.8 Å². The van der Waals surface area contributed by atoms with Crippen molar-refractivity contribution in [3.63, 3.8) is 0 Å². The fraction of sp³-hybridized carbons (Fsp3) is 0.286. The molecule has 4 rings (SSSR count). The zero-order valence-electron chi connectivity index (χ0n) is 16.9. The van der Waals surface area contributed by atoms with E-state index in [1.807, 2.05) is 36.4 Å². The molecule has 1 unspecified atom stereocenters. The maximum absolute atomic E-state index is 11.5. The quantitative estimate of drug-likeness (QED) is 0.636. The molecule has 0 bridgehead atoms. The van der Waals surface area contributed by atoms with Gasteiger partial charge in [0.2, 0.25) is 0 Å². The molecule has 1 saturated heterocycles. The second-order valence-electron chi connectivity index (χ2n) is 6.81. The summed E-state index contributed by atoms with van der Waals surface area (Å²) in [5.41, 5.74) is 2.78. The molecule has 1 amide bonds. The average molecular weight is 431 g/mol. The van der Waals surface area contributed by atoms with Crippen molar-refractivity contribution in [2.24, 2.45) is 0 Å². The molecule has 1 aliphatic rings. The van der Waals surface area contributed by atoms with E-state index in [4.69, 9.17) is 14.2 Å². The summed E-state index contributed by atoms with van der Waals surface area (Å²) in [4.78, 5) is 21.8. The molecule has 1 N–H and O–H groups in total. The second-order valence-corrected chi connectivity index (χ2v) is 6.81. The summed E-state index contributed by atoms with van der Waals surface area (Å²) in [5.74, 6) is 1.91. The van der Waals surface area contributed by atoms with Gasteiger partial charge in [-0.1, -0.05) is 12.1 Å². The van der Waals surface area contributed by atoms with Crippen molar-refractivity contribution < 1.29 is 19.0 Å². The van der Waals surface area contributed by atoms with Gasteiger partial charge in [-0.3, -0.25) is 0 Å². The van der Waals surface area contributed by atoms with Gasteiger partial charge in [0.1, 0.15) is 18.8 Å². The van der Waals surface area contributed by atoms with Gasteiger partial charge < -0.3 is 24.4 Å². The van der Waals surface area contributed by atoms with Crippen molar-refractivity contribution in [2.75, 3.05) is 33.2 Å². The van der Waals surface area contributed by atoms with Crippen molar-refractivity contribution in [1.29, 1.82) is 0 Å². The van der Waals surface area contributed by atoms with E-state index in [2.05, 4.69) is 15.3 Å². The highest BCUT2D eigenvalue weighted by molar-refractivity contribution is 5.93. The molecule has 0 spiro atoms. The van der Waals surface area contributed by atoms with Gasteiger partial charge in [0.15, 0.2) is 11.5 Å². The van der Waals surface area contributed by atoms with Gasteiger partial charge in [-0.15, -0.1) is 12.4 Å². The standard InChI is InChI=1S/C21H22N4O4.ClH/c1-25-15(11-29-21(25)26)8-13-4-6-14(7-5-13)24-20-16-9-18(27-2)19(28-3)10-17(16)22-12-23-20;/h4-7,9-10,12,15H,8,11H2,1-3H3,(H,22,23,24);1H. The normalized spacial score (nSPS) is 15.5. The Kier molecular flexibility index (Phi) is 6.47. The number of methoxy groups -OCH3 is 2. The number of rotatable bonds is 6. The predicted molar refractivity (Wildman–Crippen MR) is 116 cm³/mol. The summed E-state index contributed by atoms with van der Waals surface area (Å²) in [5, 5.41) is 4.17. The van der Waals surface area contributed by atoms with Crippen molar-refractivity contribution in [3.8, 4) is 11.5 Å². The molecule has 0 saturated carbocycles. The first-order valence-corrected chi connectivity index (χ1v) is 9.21. The lowest BCUT2D eigenvalue weighted by Crippen LogP contribution is -2.30. The van der Waals surface area contributed by atoms with E-state index < -0.39 is 0 Å². The third-order valence-corrected chi connectivity index (χ3v) is 5.06. The fourth-order valence-corrected chi connectivity index (χ4v) is 3.34. The smallest absolute Gasteiger partial charge is 0.409 e. The number of nitrogens with zero attached hydrogens (tertiary/aromatic N) is 3. The lowest BCUT2D eigenvalue weighted by molar-refractivity contribution is 0.163. The SMILES string of the molecule is COc1cc2ncnc(Nc3ccc(CC4COC(=O)N4C)cc3)c2cc1OC.Cl. The average Bonchev–Trinajstić information content (AvgIpc) is 3.06. The molecule has 158 valence electrons. The number of fused-ring (bicyclic) bond motifs is 1. The summed E-state index contributed by atoms with van der Waals surface area (Å²) < 4.78 is 15.8. The Hall–Kier alpha value is -3.26. The monoisotopic (exact) mass is 430 g/mol. The highest BCUT2D eigenvalue weighted by Crippen LogP contribution is 2.34. The lowest BCUT2D eigenvalue weighted by atomic mass is 10.1. The number of amides is 1. The minimum Gasteiger partial charge on any atom is -0.493 e. The third kappa shape index (κ3) is 4.18. The van der Waals surface area contributed by atoms with Crippen LogP contribution in [0.25, 0.3) is 10.9 Å². The Labute approximate surface area is 180 Å². The van der Waals surface area contributed by atoms with Crippen LogP contribution in [-0.4, -0.2) is 54.9 Å². The van der Waals surface area contributed by atoms with Crippen LogP contribution in [0.4, 0.5) is 16.3 Å². The summed E-state index contributed by atoms with van der Waals surface area (Å²) in [6, 6.07) is 11.8. The van der Waals surface area contributed by atoms with E-state index in [-0.39, 0.29) is 24.5 Å². The summed E-state index contributed by atoms with van der Waals surface area (Å²) >= 11 is 0. The Morgan fingerprint density at radius 2 is 1.83 bits per heavy atom. The molecule has 1 aliphatic heterocycles. The molecule has 9 heteroatoms. The molecule has 0 aliphatic carbocycles. The maximum atomic E-state index is 11.5. The topological polar surface area (TPSA) is 85.8 Å². The minimum absolute atomic E-state index is 0. The number of carbonyl (C=O) groups excluding carboxylic acids is 1. The Balaban J connectivity index is 0.00000256. The first-order valence-electron chi connectivity index (χ1n) is 9.21. The highest BCUT2D eigenvalue weighted by Gasteiger charge is 2.29. The first kappa shape index (κ1) is 21.4. The van der Waals surface area contributed by atoms with Gasteiger partial charge in [-0.05, 0) is 30.2 Å². The van der Waals surface area contributed by atoms with Crippen molar-refractivity contribution in [1.82, 2.24) is 14.9 Å². The van der Waals surface area contributed by atoms with Gasteiger partial charge >= 0.3 is 6.09 Å². The molecule has 1 aromatic heterocycles. The first-order chi connectivity index (χ1) is 14.1. The van der Waals surface area contributed by atoms with Gasteiger partial charge in [-0.25, -0.2) is 14.8 Å². The van der Waals surface area contributed by atoms with E-state index >= 15 is 0 Å².